The van der Waals surface area contributed by atoms with Crippen LogP contribution >= 0.6 is 0 Å². The van der Waals surface area contributed by atoms with Crippen LogP contribution in [0.3, 0.4) is 0 Å². The summed E-state index contributed by atoms with van der Waals surface area (Å²) in [5, 5.41) is 2.67. The fraction of sp³-hybridized carbons (Fsp3) is 0.647. The molecular formula is C17H26N+. The summed E-state index contributed by atoms with van der Waals surface area (Å²) in [6.45, 7) is 6.04. The van der Waals surface area contributed by atoms with Crippen LogP contribution in [0.25, 0.3) is 0 Å². The van der Waals surface area contributed by atoms with Gasteiger partial charge in [-0.3, -0.25) is 0 Å². The van der Waals surface area contributed by atoms with E-state index in [1.165, 1.54) is 38.6 Å². The average molecular weight is 244 g/mol. The van der Waals surface area contributed by atoms with E-state index in [1.807, 2.05) is 0 Å². The van der Waals surface area contributed by atoms with Crippen molar-refractivity contribution < 1.29 is 5.32 Å². The number of hydrogen-bond donors (Lipinski definition) is 1. The van der Waals surface area contributed by atoms with Gasteiger partial charge in [0.15, 0.2) is 0 Å². The van der Waals surface area contributed by atoms with Crippen molar-refractivity contribution in [3.05, 3.63) is 35.4 Å². The Labute approximate surface area is 111 Å². The minimum Gasteiger partial charge on any atom is -0.338 e. The van der Waals surface area contributed by atoms with Crippen LogP contribution < -0.4 is 5.32 Å². The topological polar surface area (TPSA) is 16.6 Å². The lowest BCUT2D eigenvalue weighted by molar-refractivity contribution is -0.745. The first-order chi connectivity index (χ1) is 8.69. The first kappa shape index (κ1) is 12.2. The SMILES string of the molecule is CC1CCC2(CC1)C[C@@H](C)c1ccccc1C[NH2+]2. The molecule has 1 aromatic rings. The maximum Gasteiger partial charge on any atom is 0.102 e. The Morgan fingerprint density at radius 3 is 2.61 bits per heavy atom. The third-order valence-electron chi connectivity index (χ3n) is 5.32. The second kappa shape index (κ2) is 4.70. The number of rotatable bonds is 0. The maximum atomic E-state index is 2.67. The number of fused-ring (bicyclic) bond motifs is 1. The van der Waals surface area contributed by atoms with Crippen molar-refractivity contribution in [1.82, 2.24) is 0 Å². The lowest BCUT2D eigenvalue weighted by Gasteiger charge is -2.37. The number of hydrogen-bond acceptors (Lipinski definition) is 0. The molecule has 1 fully saturated rings. The van der Waals surface area contributed by atoms with E-state index in [0.29, 0.717) is 5.54 Å². The van der Waals surface area contributed by atoms with E-state index in [1.54, 1.807) is 11.1 Å². The van der Waals surface area contributed by atoms with Crippen LogP contribution in [0.2, 0.25) is 0 Å². The van der Waals surface area contributed by atoms with Gasteiger partial charge in [-0.1, -0.05) is 38.1 Å². The minimum atomic E-state index is 0.547. The molecule has 0 radical (unpaired) electrons. The summed E-state index contributed by atoms with van der Waals surface area (Å²) in [6, 6.07) is 9.07. The van der Waals surface area contributed by atoms with Crippen molar-refractivity contribution in [3.63, 3.8) is 0 Å². The predicted molar refractivity (Wildman–Crippen MR) is 75.5 cm³/mol. The summed E-state index contributed by atoms with van der Waals surface area (Å²) in [5.74, 6) is 1.68. The highest BCUT2D eigenvalue weighted by Crippen LogP contribution is 2.38. The van der Waals surface area contributed by atoms with Crippen LogP contribution in [0.5, 0.6) is 0 Å². The Bertz CT molecular complexity index is 415. The Morgan fingerprint density at radius 1 is 1.11 bits per heavy atom. The zero-order valence-corrected chi connectivity index (χ0v) is 11.8. The fourth-order valence-electron chi connectivity index (χ4n) is 4.08. The van der Waals surface area contributed by atoms with Gasteiger partial charge in [0, 0.05) is 24.8 Å². The van der Waals surface area contributed by atoms with Crippen LogP contribution in [-0.4, -0.2) is 5.54 Å². The molecule has 18 heavy (non-hydrogen) atoms. The molecule has 0 amide bonds. The van der Waals surface area contributed by atoms with Gasteiger partial charge in [0.1, 0.15) is 6.54 Å². The molecule has 0 bridgehead atoms. The molecule has 0 saturated heterocycles. The highest BCUT2D eigenvalue weighted by Gasteiger charge is 2.40. The fourth-order valence-corrected chi connectivity index (χ4v) is 4.08. The lowest BCUT2D eigenvalue weighted by atomic mass is 9.72. The van der Waals surface area contributed by atoms with Gasteiger partial charge in [0.2, 0.25) is 0 Å². The molecule has 1 heterocycles. The molecule has 1 nitrogen and oxygen atoms in total. The van der Waals surface area contributed by atoms with E-state index < -0.39 is 0 Å². The van der Waals surface area contributed by atoms with Gasteiger partial charge in [-0.2, -0.15) is 0 Å². The molecule has 1 aliphatic carbocycles. The van der Waals surface area contributed by atoms with Gasteiger partial charge in [0.25, 0.3) is 0 Å². The van der Waals surface area contributed by atoms with Gasteiger partial charge in [-0.15, -0.1) is 0 Å². The molecule has 1 heteroatoms. The summed E-state index contributed by atoms with van der Waals surface area (Å²) in [5.41, 5.74) is 3.72. The summed E-state index contributed by atoms with van der Waals surface area (Å²) < 4.78 is 0. The second-order valence-corrected chi connectivity index (χ2v) is 6.76. The standard InChI is InChI=1S/C17H25N/c1-13-7-9-17(10-8-13)11-14(2)16-6-4-3-5-15(16)12-18-17/h3-6,13-14,18H,7-12H2,1-2H3/p+1/t13?,14-,17?/m1/s1. The van der Waals surface area contributed by atoms with Crippen molar-refractivity contribution in [2.24, 2.45) is 5.92 Å². The zero-order chi connectivity index (χ0) is 12.6. The van der Waals surface area contributed by atoms with E-state index in [0.717, 1.165) is 11.8 Å². The van der Waals surface area contributed by atoms with Crippen LogP contribution in [0.15, 0.2) is 24.3 Å². The Hall–Kier alpha value is -0.820. The normalized spacial score (nSPS) is 36.1. The Kier molecular flexibility index (Phi) is 3.19. The van der Waals surface area contributed by atoms with Crippen LogP contribution in [0, 0.1) is 5.92 Å². The molecule has 2 N–H and O–H groups in total. The molecular weight excluding hydrogens is 218 g/mol. The quantitative estimate of drug-likeness (QED) is 0.722. The van der Waals surface area contributed by atoms with Crippen molar-refractivity contribution in [1.29, 1.82) is 0 Å². The molecule has 98 valence electrons. The van der Waals surface area contributed by atoms with Crippen LogP contribution in [-0.2, 0) is 6.54 Å². The third-order valence-corrected chi connectivity index (χ3v) is 5.32. The molecule has 1 saturated carbocycles. The Balaban J connectivity index is 1.84. The highest BCUT2D eigenvalue weighted by atomic mass is 15.0. The number of quaternary nitrogens is 1. The van der Waals surface area contributed by atoms with Crippen molar-refractivity contribution >= 4 is 0 Å². The van der Waals surface area contributed by atoms with Gasteiger partial charge in [-0.05, 0) is 30.2 Å². The van der Waals surface area contributed by atoms with Gasteiger partial charge in [-0.25, -0.2) is 0 Å². The molecule has 0 unspecified atom stereocenters. The lowest BCUT2D eigenvalue weighted by Crippen LogP contribution is -2.95. The van der Waals surface area contributed by atoms with Crippen LogP contribution in [0.1, 0.15) is 63.0 Å². The first-order valence-electron chi connectivity index (χ1n) is 7.61. The first-order valence-corrected chi connectivity index (χ1v) is 7.61. The van der Waals surface area contributed by atoms with Crippen molar-refractivity contribution in [2.45, 2.75) is 64.0 Å². The molecule has 0 aromatic heterocycles. The molecule has 1 aromatic carbocycles. The molecule has 2 aliphatic rings. The maximum absolute atomic E-state index is 2.67. The molecule has 1 aliphatic heterocycles. The predicted octanol–water partition coefficient (Wildman–Crippen LogP) is 3.21. The smallest absolute Gasteiger partial charge is 0.102 e. The minimum absolute atomic E-state index is 0.547. The summed E-state index contributed by atoms with van der Waals surface area (Å²) >= 11 is 0. The van der Waals surface area contributed by atoms with E-state index >= 15 is 0 Å². The number of nitrogens with two attached hydrogens (primary N) is 1. The van der Waals surface area contributed by atoms with E-state index in [9.17, 15) is 0 Å². The second-order valence-electron chi connectivity index (χ2n) is 6.76. The van der Waals surface area contributed by atoms with Crippen molar-refractivity contribution in [2.75, 3.05) is 0 Å². The summed E-state index contributed by atoms with van der Waals surface area (Å²) in [7, 11) is 0. The summed E-state index contributed by atoms with van der Waals surface area (Å²) in [6.07, 6.45) is 7.08. The largest absolute Gasteiger partial charge is 0.338 e. The molecule has 3 rings (SSSR count). The third kappa shape index (κ3) is 2.21. The van der Waals surface area contributed by atoms with E-state index in [-0.39, 0.29) is 0 Å². The van der Waals surface area contributed by atoms with Gasteiger partial charge in [0.05, 0.1) is 5.54 Å². The highest BCUT2D eigenvalue weighted by molar-refractivity contribution is 5.30. The van der Waals surface area contributed by atoms with E-state index in [4.69, 9.17) is 0 Å². The molecule has 1 atom stereocenters. The number of benzene rings is 1. The Morgan fingerprint density at radius 2 is 1.83 bits per heavy atom. The van der Waals surface area contributed by atoms with E-state index in [2.05, 4.69) is 43.4 Å². The molecule has 1 spiro atoms. The van der Waals surface area contributed by atoms with Crippen LogP contribution in [0.4, 0.5) is 0 Å². The monoisotopic (exact) mass is 244 g/mol. The average Bonchev–Trinajstić information content (AvgIpc) is 2.53. The van der Waals surface area contributed by atoms with Crippen molar-refractivity contribution in [3.8, 4) is 0 Å². The summed E-state index contributed by atoms with van der Waals surface area (Å²) in [4.78, 5) is 0. The van der Waals surface area contributed by atoms with Gasteiger partial charge < -0.3 is 5.32 Å². The zero-order valence-electron chi connectivity index (χ0n) is 11.8. The van der Waals surface area contributed by atoms with Gasteiger partial charge >= 0.3 is 0 Å².